The summed E-state index contributed by atoms with van der Waals surface area (Å²) in [4.78, 5) is 4.28. The van der Waals surface area contributed by atoms with Gasteiger partial charge in [0, 0.05) is 33.4 Å². The Labute approximate surface area is 181 Å². The topological polar surface area (TPSA) is 54.9 Å². The quantitative estimate of drug-likeness (QED) is 0.225. The molecule has 0 radical (unpaired) electrons. The molecular formula is C21H36IN3O2. The van der Waals surface area contributed by atoms with Crippen LogP contribution < -0.4 is 10.6 Å². The molecule has 0 heterocycles. The number of nitrogens with one attached hydrogen (secondary N) is 2. The zero-order valence-electron chi connectivity index (χ0n) is 17.2. The Morgan fingerprint density at radius 3 is 2.59 bits per heavy atom. The fraction of sp³-hybridized carbons (Fsp3) is 0.667. The van der Waals surface area contributed by atoms with Crippen LogP contribution in [0, 0.1) is 5.92 Å². The lowest BCUT2D eigenvalue weighted by atomic mass is 10.1. The van der Waals surface area contributed by atoms with Crippen LogP contribution in [0.1, 0.15) is 51.2 Å². The van der Waals surface area contributed by atoms with Gasteiger partial charge in [0.2, 0.25) is 0 Å². The minimum Gasteiger partial charge on any atom is -0.381 e. The third-order valence-electron chi connectivity index (χ3n) is 4.16. The molecule has 1 saturated carbocycles. The van der Waals surface area contributed by atoms with Gasteiger partial charge in [-0.05, 0) is 57.1 Å². The van der Waals surface area contributed by atoms with Crippen molar-refractivity contribution in [2.24, 2.45) is 10.9 Å². The Balaban J connectivity index is 0.00000364. The number of ether oxygens (including phenoxy) is 2. The van der Waals surface area contributed by atoms with E-state index in [1.165, 1.54) is 24.0 Å². The van der Waals surface area contributed by atoms with Crippen molar-refractivity contribution in [3.8, 4) is 0 Å². The lowest BCUT2D eigenvalue weighted by Crippen LogP contribution is -2.37. The Hall–Kier alpha value is -0.860. The van der Waals surface area contributed by atoms with Gasteiger partial charge in [-0.3, -0.25) is 4.99 Å². The van der Waals surface area contributed by atoms with E-state index >= 15 is 0 Å². The summed E-state index contributed by atoms with van der Waals surface area (Å²) >= 11 is 0. The summed E-state index contributed by atoms with van der Waals surface area (Å²) in [5.41, 5.74) is 2.29. The highest BCUT2D eigenvalue weighted by Crippen LogP contribution is 2.28. The first-order valence-electron chi connectivity index (χ1n) is 9.70. The second-order valence-electron chi connectivity index (χ2n) is 7.95. The van der Waals surface area contributed by atoms with Crippen molar-refractivity contribution in [2.75, 3.05) is 26.8 Å². The Morgan fingerprint density at radius 2 is 1.93 bits per heavy atom. The average Bonchev–Trinajstić information content (AvgIpc) is 3.43. The van der Waals surface area contributed by atoms with E-state index < -0.39 is 0 Å². The van der Waals surface area contributed by atoms with Crippen LogP contribution in [-0.2, 0) is 22.6 Å². The second-order valence-corrected chi connectivity index (χ2v) is 7.95. The summed E-state index contributed by atoms with van der Waals surface area (Å²) in [6, 6.07) is 8.47. The van der Waals surface area contributed by atoms with Gasteiger partial charge in [0.05, 0.1) is 12.2 Å². The van der Waals surface area contributed by atoms with Gasteiger partial charge in [-0.1, -0.05) is 24.3 Å². The van der Waals surface area contributed by atoms with Crippen LogP contribution in [-0.4, -0.2) is 38.4 Å². The second kappa shape index (κ2) is 12.6. The molecule has 1 fully saturated rings. The van der Waals surface area contributed by atoms with Crippen molar-refractivity contribution in [3.05, 3.63) is 35.4 Å². The maximum atomic E-state index is 5.85. The lowest BCUT2D eigenvalue weighted by Gasteiger charge is -2.19. The molecule has 1 aliphatic rings. The van der Waals surface area contributed by atoms with Gasteiger partial charge in [-0.2, -0.15) is 0 Å². The first kappa shape index (κ1) is 24.2. The molecule has 27 heavy (non-hydrogen) atoms. The third-order valence-corrected chi connectivity index (χ3v) is 4.16. The molecule has 154 valence electrons. The lowest BCUT2D eigenvalue weighted by molar-refractivity contribution is -0.0149. The fourth-order valence-corrected chi connectivity index (χ4v) is 2.45. The molecule has 0 spiro atoms. The van der Waals surface area contributed by atoms with Crippen LogP contribution in [0.25, 0.3) is 0 Å². The molecular weight excluding hydrogens is 453 g/mol. The zero-order valence-corrected chi connectivity index (χ0v) is 19.5. The molecule has 0 saturated heterocycles. The number of hydrogen-bond donors (Lipinski definition) is 2. The van der Waals surface area contributed by atoms with E-state index in [1.54, 1.807) is 7.05 Å². The predicted octanol–water partition coefficient (Wildman–Crippen LogP) is 4.10. The standard InChI is InChI=1S/C21H35N3O2.HI/c1-21(2,3)26-16-19-8-5-7-18(13-19)14-24-20(22-4)23-11-6-12-25-15-17-9-10-17;/h5,7-8,13,17H,6,9-12,14-16H2,1-4H3,(H2,22,23,24);1H. The minimum atomic E-state index is -0.122. The number of benzene rings is 1. The van der Waals surface area contributed by atoms with Crippen LogP contribution in [0.4, 0.5) is 0 Å². The largest absolute Gasteiger partial charge is 0.381 e. The highest BCUT2D eigenvalue weighted by molar-refractivity contribution is 14.0. The minimum absolute atomic E-state index is 0. The average molecular weight is 489 g/mol. The van der Waals surface area contributed by atoms with Crippen LogP contribution >= 0.6 is 24.0 Å². The van der Waals surface area contributed by atoms with Gasteiger partial charge in [0.1, 0.15) is 0 Å². The highest BCUT2D eigenvalue weighted by Gasteiger charge is 2.20. The molecule has 2 N–H and O–H groups in total. The highest BCUT2D eigenvalue weighted by atomic mass is 127. The molecule has 1 aromatic rings. The monoisotopic (exact) mass is 489 g/mol. The van der Waals surface area contributed by atoms with E-state index in [0.717, 1.165) is 44.6 Å². The van der Waals surface area contributed by atoms with E-state index in [9.17, 15) is 0 Å². The molecule has 0 unspecified atom stereocenters. The summed E-state index contributed by atoms with van der Waals surface area (Å²) in [5, 5.41) is 6.70. The molecule has 0 bridgehead atoms. The van der Waals surface area contributed by atoms with Crippen LogP contribution in [0.15, 0.2) is 29.3 Å². The summed E-state index contributed by atoms with van der Waals surface area (Å²) < 4.78 is 11.5. The van der Waals surface area contributed by atoms with Gasteiger partial charge < -0.3 is 20.1 Å². The van der Waals surface area contributed by atoms with Crippen LogP contribution in [0.5, 0.6) is 0 Å². The maximum absolute atomic E-state index is 5.85. The number of guanidine groups is 1. The molecule has 6 heteroatoms. The van der Waals surface area contributed by atoms with Gasteiger partial charge in [-0.25, -0.2) is 0 Å². The third kappa shape index (κ3) is 11.5. The van der Waals surface area contributed by atoms with Crippen molar-refractivity contribution < 1.29 is 9.47 Å². The number of hydrogen-bond acceptors (Lipinski definition) is 3. The Kier molecular flexibility index (Phi) is 11.3. The number of rotatable bonds is 10. The molecule has 0 aromatic heterocycles. The smallest absolute Gasteiger partial charge is 0.191 e. The number of halogens is 1. The van der Waals surface area contributed by atoms with E-state index in [4.69, 9.17) is 9.47 Å². The van der Waals surface area contributed by atoms with Crippen molar-refractivity contribution in [2.45, 2.75) is 58.8 Å². The number of aliphatic imine (C=N–C) groups is 1. The maximum Gasteiger partial charge on any atom is 0.191 e. The molecule has 0 aliphatic heterocycles. The van der Waals surface area contributed by atoms with E-state index in [1.807, 2.05) is 0 Å². The molecule has 5 nitrogen and oxygen atoms in total. The number of nitrogens with zero attached hydrogens (tertiary/aromatic N) is 1. The predicted molar refractivity (Wildman–Crippen MR) is 123 cm³/mol. The fourth-order valence-electron chi connectivity index (χ4n) is 2.45. The molecule has 1 aliphatic carbocycles. The molecule has 0 atom stereocenters. The van der Waals surface area contributed by atoms with Crippen molar-refractivity contribution in [3.63, 3.8) is 0 Å². The van der Waals surface area contributed by atoms with Gasteiger partial charge in [-0.15, -0.1) is 24.0 Å². The van der Waals surface area contributed by atoms with E-state index in [-0.39, 0.29) is 29.6 Å². The summed E-state index contributed by atoms with van der Waals surface area (Å²) in [6.07, 6.45) is 3.68. The Morgan fingerprint density at radius 1 is 1.19 bits per heavy atom. The van der Waals surface area contributed by atoms with Crippen LogP contribution in [0.2, 0.25) is 0 Å². The van der Waals surface area contributed by atoms with E-state index in [2.05, 4.69) is 60.7 Å². The van der Waals surface area contributed by atoms with Crippen molar-refractivity contribution in [1.82, 2.24) is 10.6 Å². The van der Waals surface area contributed by atoms with Crippen molar-refractivity contribution >= 4 is 29.9 Å². The molecule has 1 aromatic carbocycles. The zero-order chi connectivity index (χ0) is 18.8. The van der Waals surface area contributed by atoms with Crippen LogP contribution in [0.3, 0.4) is 0 Å². The SMILES string of the molecule is CN=C(NCCCOCC1CC1)NCc1cccc(COC(C)(C)C)c1.I. The summed E-state index contributed by atoms with van der Waals surface area (Å²) in [7, 11) is 1.80. The normalized spacial score (nSPS) is 14.6. The Bertz CT molecular complexity index is 569. The van der Waals surface area contributed by atoms with Crippen molar-refractivity contribution in [1.29, 1.82) is 0 Å². The summed E-state index contributed by atoms with van der Waals surface area (Å²) in [5.74, 6) is 1.66. The summed E-state index contributed by atoms with van der Waals surface area (Å²) in [6.45, 7) is 10.2. The van der Waals surface area contributed by atoms with Gasteiger partial charge in [0.15, 0.2) is 5.96 Å². The first-order chi connectivity index (χ1) is 12.5. The molecule has 0 amide bonds. The molecule has 2 rings (SSSR count). The van der Waals surface area contributed by atoms with Gasteiger partial charge >= 0.3 is 0 Å². The van der Waals surface area contributed by atoms with E-state index in [0.29, 0.717) is 6.61 Å². The van der Waals surface area contributed by atoms with Gasteiger partial charge in [0.25, 0.3) is 0 Å². The first-order valence-corrected chi connectivity index (χ1v) is 9.70.